The minimum Gasteiger partial charge on any atom is -0.459 e. The van der Waals surface area contributed by atoms with E-state index in [1.54, 1.807) is 11.6 Å². The number of anilines is 1. The maximum absolute atomic E-state index is 12.6. The number of benzene rings is 1. The van der Waals surface area contributed by atoms with Gasteiger partial charge < -0.3 is 10.5 Å². The zero-order valence-corrected chi connectivity index (χ0v) is 25.3. The van der Waals surface area contributed by atoms with Crippen LogP contribution in [0.1, 0.15) is 111 Å². The Morgan fingerprint density at radius 1 is 1.03 bits per heavy atom. The van der Waals surface area contributed by atoms with E-state index < -0.39 is 0 Å². The smallest absolute Gasteiger partial charge is 0.331 e. The predicted molar refractivity (Wildman–Crippen MR) is 163 cm³/mol. The number of ether oxygens (including phenoxy) is 1. The molecule has 0 bridgehead atoms. The Hall–Kier alpha value is -2.03. The van der Waals surface area contributed by atoms with Crippen LogP contribution in [-0.2, 0) is 9.53 Å². The van der Waals surface area contributed by atoms with Crippen molar-refractivity contribution in [3.63, 3.8) is 0 Å². The number of carbonyl (C=O) groups excluding carboxylic acids is 1. The van der Waals surface area contributed by atoms with Gasteiger partial charge in [-0.25, -0.2) is 4.79 Å². The van der Waals surface area contributed by atoms with Crippen molar-refractivity contribution in [1.82, 2.24) is 0 Å². The lowest BCUT2D eigenvalue weighted by Gasteiger charge is -2.58. The number of rotatable bonds is 8. The van der Waals surface area contributed by atoms with E-state index in [0.29, 0.717) is 5.41 Å². The van der Waals surface area contributed by atoms with Crippen LogP contribution in [0.2, 0.25) is 0 Å². The van der Waals surface area contributed by atoms with Crippen LogP contribution in [-0.4, -0.2) is 12.1 Å². The minimum atomic E-state index is -0.234. The summed E-state index contributed by atoms with van der Waals surface area (Å²) in [5.74, 6) is 4.89. The molecule has 5 rings (SSSR count). The first-order chi connectivity index (χ1) is 18.6. The Labute approximate surface area is 238 Å². The van der Waals surface area contributed by atoms with Crippen molar-refractivity contribution in [3.8, 4) is 0 Å². The third-order valence-electron chi connectivity index (χ3n) is 11.9. The van der Waals surface area contributed by atoms with Crippen molar-refractivity contribution in [2.75, 3.05) is 5.73 Å². The fourth-order valence-electron chi connectivity index (χ4n) is 9.73. The molecule has 0 aliphatic heterocycles. The number of nitrogen functional groups attached to an aromatic ring is 1. The summed E-state index contributed by atoms with van der Waals surface area (Å²) >= 11 is 0. The molecule has 0 saturated heterocycles. The van der Waals surface area contributed by atoms with E-state index in [-0.39, 0.29) is 17.5 Å². The molecule has 4 aliphatic rings. The summed E-state index contributed by atoms with van der Waals surface area (Å²) in [6.45, 7) is 12.5. The van der Waals surface area contributed by atoms with E-state index >= 15 is 0 Å². The van der Waals surface area contributed by atoms with Crippen molar-refractivity contribution in [3.05, 3.63) is 47.6 Å². The summed E-state index contributed by atoms with van der Waals surface area (Å²) in [6.07, 6.45) is 20.1. The van der Waals surface area contributed by atoms with Gasteiger partial charge in [0.1, 0.15) is 6.10 Å². The van der Waals surface area contributed by atoms with Crippen molar-refractivity contribution >= 4 is 17.7 Å². The first-order valence-electron chi connectivity index (χ1n) is 16.0. The summed E-state index contributed by atoms with van der Waals surface area (Å²) in [6, 6.07) is 7.54. The molecular formula is C36H53NO2. The molecule has 2 N–H and O–H groups in total. The van der Waals surface area contributed by atoms with Crippen molar-refractivity contribution in [2.45, 2.75) is 111 Å². The molecular weight excluding hydrogens is 478 g/mol. The van der Waals surface area contributed by atoms with Crippen LogP contribution in [0.25, 0.3) is 6.08 Å². The Kier molecular flexibility index (Phi) is 8.37. The molecule has 1 aromatic carbocycles. The lowest BCUT2D eigenvalue weighted by Crippen LogP contribution is -2.51. The largest absolute Gasteiger partial charge is 0.459 e. The molecule has 3 heteroatoms. The number of nitrogens with two attached hydrogens (primary N) is 1. The molecule has 0 aromatic heterocycles. The van der Waals surface area contributed by atoms with Crippen LogP contribution >= 0.6 is 0 Å². The molecule has 0 unspecified atom stereocenters. The SMILES string of the molecule is CC(C)CCC[C@@H](C)[C@H]1CC[C@H]2[C@@H]3CC=C4C[C@@H](OC(=O)/C=C/c5ccc(N)cc5)CC[C@]4(C)[C@H]3CC[C@]12C. The number of carbonyl (C=O) groups is 1. The number of hydrogen-bond donors (Lipinski definition) is 1. The number of allylic oxidation sites excluding steroid dienone is 1. The fraction of sp³-hybridized carbons (Fsp3) is 0.694. The zero-order valence-electron chi connectivity index (χ0n) is 25.3. The van der Waals surface area contributed by atoms with Gasteiger partial charge in [-0.15, -0.1) is 0 Å². The van der Waals surface area contributed by atoms with Gasteiger partial charge in [0.25, 0.3) is 0 Å². The molecule has 3 saturated carbocycles. The van der Waals surface area contributed by atoms with E-state index in [0.717, 1.165) is 66.0 Å². The second-order valence-electron chi connectivity index (χ2n) is 14.6. The van der Waals surface area contributed by atoms with Crippen LogP contribution in [0.3, 0.4) is 0 Å². The average Bonchev–Trinajstić information content (AvgIpc) is 3.25. The molecule has 3 nitrogen and oxygen atoms in total. The lowest BCUT2D eigenvalue weighted by atomic mass is 9.47. The zero-order chi connectivity index (χ0) is 27.8. The number of fused-ring (bicyclic) bond motifs is 5. The Morgan fingerprint density at radius 2 is 1.79 bits per heavy atom. The van der Waals surface area contributed by atoms with Gasteiger partial charge in [0.2, 0.25) is 0 Å². The topological polar surface area (TPSA) is 52.3 Å². The molecule has 0 heterocycles. The van der Waals surface area contributed by atoms with E-state index in [4.69, 9.17) is 10.5 Å². The van der Waals surface area contributed by atoms with Gasteiger partial charge in [0, 0.05) is 18.2 Å². The van der Waals surface area contributed by atoms with Gasteiger partial charge in [0.05, 0.1) is 0 Å². The van der Waals surface area contributed by atoms with E-state index in [1.807, 2.05) is 30.3 Å². The highest BCUT2D eigenvalue weighted by Crippen LogP contribution is 2.67. The molecule has 4 aliphatic carbocycles. The summed E-state index contributed by atoms with van der Waals surface area (Å²) in [5, 5.41) is 0. The van der Waals surface area contributed by atoms with Crippen LogP contribution in [0.15, 0.2) is 42.0 Å². The fourth-order valence-corrected chi connectivity index (χ4v) is 9.73. The highest BCUT2D eigenvalue weighted by Gasteiger charge is 2.59. The first kappa shape index (κ1) is 28.5. The van der Waals surface area contributed by atoms with Gasteiger partial charge in [-0.3, -0.25) is 0 Å². The normalized spacial score (nSPS) is 36.7. The molecule has 3 fully saturated rings. The molecule has 39 heavy (non-hydrogen) atoms. The van der Waals surface area contributed by atoms with Crippen molar-refractivity contribution in [2.24, 2.45) is 46.3 Å². The van der Waals surface area contributed by atoms with Crippen LogP contribution in [0.5, 0.6) is 0 Å². The second-order valence-corrected chi connectivity index (χ2v) is 14.6. The number of hydrogen-bond acceptors (Lipinski definition) is 3. The molecule has 0 spiro atoms. The highest BCUT2D eigenvalue weighted by atomic mass is 16.5. The monoisotopic (exact) mass is 531 g/mol. The predicted octanol–water partition coefficient (Wildman–Crippen LogP) is 9.24. The third kappa shape index (κ3) is 5.75. The van der Waals surface area contributed by atoms with E-state index in [2.05, 4.69) is 40.7 Å². The van der Waals surface area contributed by atoms with Gasteiger partial charge >= 0.3 is 5.97 Å². The van der Waals surface area contributed by atoms with E-state index in [9.17, 15) is 4.79 Å². The second kappa shape index (κ2) is 11.5. The minimum absolute atomic E-state index is 0.000786. The Balaban J connectivity index is 1.21. The van der Waals surface area contributed by atoms with Gasteiger partial charge in [-0.2, -0.15) is 0 Å². The Bertz CT molecular complexity index is 1070. The molecule has 0 radical (unpaired) electrons. The van der Waals surface area contributed by atoms with Gasteiger partial charge in [0.15, 0.2) is 0 Å². The van der Waals surface area contributed by atoms with Crippen LogP contribution in [0.4, 0.5) is 5.69 Å². The third-order valence-corrected chi connectivity index (χ3v) is 11.9. The van der Waals surface area contributed by atoms with Gasteiger partial charge in [-0.1, -0.05) is 77.7 Å². The maximum atomic E-state index is 12.6. The first-order valence-corrected chi connectivity index (χ1v) is 16.0. The van der Waals surface area contributed by atoms with Crippen molar-refractivity contribution in [1.29, 1.82) is 0 Å². The quantitative estimate of drug-likeness (QED) is 0.157. The summed E-state index contributed by atoms with van der Waals surface area (Å²) in [5.41, 5.74) is 9.85. The van der Waals surface area contributed by atoms with E-state index in [1.165, 1.54) is 51.4 Å². The maximum Gasteiger partial charge on any atom is 0.331 e. The van der Waals surface area contributed by atoms with Crippen molar-refractivity contribution < 1.29 is 9.53 Å². The Morgan fingerprint density at radius 3 is 2.54 bits per heavy atom. The summed E-state index contributed by atoms with van der Waals surface area (Å²) in [4.78, 5) is 12.6. The highest BCUT2D eigenvalue weighted by molar-refractivity contribution is 5.87. The van der Waals surface area contributed by atoms with Gasteiger partial charge in [-0.05, 0) is 115 Å². The summed E-state index contributed by atoms with van der Waals surface area (Å²) in [7, 11) is 0. The lowest BCUT2D eigenvalue weighted by molar-refractivity contribution is -0.145. The van der Waals surface area contributed by atoms with Crippen LogP contribution < -0.4 is 5.73 Å². The standard InChI is InChI=1S/C36H53NO2/c1-24(2)7-6-8-25(3)31-16-17-32-30-15-12-27-23-29(19-21-35(27,4)33(30)20-22-36(31,32)5)39-34(38)18-11-26-9-13-28(37)14-10-26/h9-14,18,24-25,29-33H,6-8,15-17,19-23,37H2,1-5H3/b18-11+/t25-,29+,30+,31-,32+,33+,35+,36-/m1/s1. The molecule has 1 aromatic rings. The average molecular weight is 532 g/mol. The summed E-state index contributed by atoms with van der Waals surface area (Å²) < 4.78 is 5.95. The molecule has 8 atom stereocenters. The number of esters is 1. The molecule has 214 valence electrons. The molecule has 0 amide bonds. The van der Waals surface area contributed by atoms with Crippen LogP contribution in [0, 0.1) is 46.3 Å².